The fourth-order valence-electron chi connectivity index (χ4n) is 4.13. The number of rotatable bonds is 2. The molecule has 4 rings (SSSR count). The van der Waals surface area contributed by atoms with Crippen LogP contribution in [-0.2, 0) is 6.42 Å². The molecule has 1 spiro atoms. The van der Waals surface area contributed by atoms with Crippen molar-refractivity contribution in [3.63, 3.8) is 0 Å². The molecule has 1 fully saturated rings. The predicted octanol–water partition coefficient (Wildman–Crippen LogP) is 4.38. The minimum absolute atomic E-state index is 0.0219. The van der Waals surface area contributed by atoms with E-state index in [9.17, 15) is 9.90 Å². The average Bonchev–Trinajstić information content (AvgIpc) is 3.07. The molecule has 0 unspecified atom stereocenters. The molecule has 1 saturated heterocycles. The van der Waals surface area contributed by atoms with E-state index in [4.69, 9.17) is 0 Å². The van der Waals surface area contributed by atoms with Gasteiger partial charge in [-0.3, -0.25) is 4.79 Å². The van der Waals surface area contributed by atoms with Gasteiger partial charge in [0.2, 0.25) is 0 Å². The molecule has 1 aliphatic heterocycles. The molecule has 0 radical (unpaired) electrons. The van der Waals surface area contributed by atoms with Crippen molar-refractivity contribution in [3.05, 3.63) is 70.8 Å². The molecule has 3 heteroatoms. The Morgan fingerprint density at radius 2 is 1.83 bits per heavy atom. The molecular formula is C21H22O2S. The van der Waals surface area contributed by atoms with Crippen LogP contribution in [0.4, 0.5) is 0 Å². The van der Waals surface area contributed by atoms with E-state index < -0.39 is 11.5 Å². The number of aliphatic hydroxyl groups is 1. The number of hydrogen-bond acceptors (Lipinski definition) is 3. The van der Waals surface area contributed by atoms with Gasteiger partial charge >= 0.3 is 0 Å². The van der Waals surface area contributed by atoms with Crippen LogP contribution in [0.1, 0.15) is 52.1 Å². The normalized spacial score (nSPS) is 28.8. The van der Waals surface area contributed by atoms with Gasteiger partial charge in [-0.25, -0.2) is 0 Å². The Morgan fingerprint density at radius 3 is 2.50 bits per heavy atom. The monoisotopic (exact) mass is 338 g/mol. The molecule has 3 atom stereocenters. The summed E-state index contributed by atoms with van der Waals surface area (Å²) in [5.41, 5.74) is 3.63. The van der Waals surface area contributed by atoms with Gasteiger partial charge in [-0.15, -0.1) is 11.8 Å². The lowest BCUT2D eigenvalue weighted by molar-refractivity contribution is 0.0435. The van der Waals surface area contributed by atoms with E-state index in [-0.39, 0.29) is 11.0 Å². The number of aliphatic hydroxyl groups excluding tert-OH is 1. The summed E-state index contributed by atoms with van der Waals surface area (Å²) < 4.78 is 0. The van der Waals surface area contributed by atoms with Crippen molar-refractivity contribution >= 4 is 17.5 Å². The summed E-state index contributed by atoms with van der Waals surface area (Å²) in [6.07, 6.45) is 0.0597. The highest BCUT2D eigenvalue weighted by molar-refractivity contribution is 7.99. The maximum absolute atomic E-state index is 13.2. The molecule has 0 aromatic heterocycles. The van der Waals surface area contributed by atoms with Crippen molar-refractivity contribution in [2.75, 3.05) is 5.75 Å². The lowest BCUT2D eigenvalue weighted by Crippen LogP contribution is -2.41. The maximum Gasteiger partial charge on any atom is 0.173 e. The van der Waals surface area contributed by atoms with Gasteiger partial charge in [0.25, 0.3) is 0 Å². The highest BCUT2D eigenvalue weighted by Crippen LogP contribution is 2.59. The third-order valence-corrected chi connectivity index (χ3v) is 7.09. The Balaban J connectivity index is 1.76. The number of carbonyl (C=O) groups is 1. The summed E-state index contributed by atoms with van der Waals surface area (Å²) in [6.45, 7) is 4.36. The zero-order chi connectivity index (χ0) is 16.9. The molecule has 124 valence electrons. The van der Waals surface area contributed by atoms with E-state index in [1.807, 2.05) is 24.3 Å². The van der Waals surface area contributed by atoms with Crippen molar-refractivity contribution in [2.24, 2.45) is 5.41 Å². The van der Waals surface area contributed by atoms with Crippen LogP contribution in [0.3, 0.4) is 0 Å². The first-order chi connectivity index (χ1) is 11.5. The van der Waals surface area contributed by atoms with Gasteiger partial charge in [0.05, 0.1) is 11.5 Å². The number of benzene rings is 2. The Hall–Kier alpha value is -1.58. The van der Waals surface area contributed by atoms with Gasteiger partial charge in [-0.2, -0.15) is 0 Å². The van der Waals surface area contributed by atoms with E-state index in [0.29, 0.717) is 18.1 Å². The fourth-order valence-corrected chi connectivity index (χ4v) is 5.80. The second-order valence-corrected chi connectivity index (χ2v) is 8.39. The first kappa shape index (κ1) is 15.9. The molecule has 0 saturated carbocycles. The Morgan fingerprint density at radius 1 is 1.12 bits per heavy atom. The van der Waals surface area contributed by atoms with E-state index >= 15 is 0 Å². The summed E-state index contributed by atoms with van der Waals surface area (Å²) in [7, 11) is 0. The molecule has 2 nitrogen and oxygen atoms in total. The summed E-state index contributed by atoms with van der Waals surface area (Å²) >= 11 is 1.72. The fraction of sp³-hybridized carbons (Fsp3) is 0.381. The van der Waals surface area contributed by atoms with Crippen LogP contribution in [-0.4, -0.2) is 22.7 Å². The van der Waals surface area contributed by atoms with Crippen molar-refractivity contribution in [1.29, 1.82) is 0 Å². The minimum atomic E-state index is -0.701. The molecule has 2 aromatic rings. The topological polar surface area (TPSA) is 37.3 Å². The Bertz CT molecular complexity index is 781. The Kier molecular flexibility index (Phi) is 3.81. The van der Waals surface area contributed by atoms with Crippen LogP contribution in [0, 0.1) is 5.41 Å². The lowest BCUT2D eigenvalue weighted by atomic mass is 9.73. The number of Topliss-reactive ketones (excluding diaryl/α,β-unsaturated/α-hetero) is 1. The molecule has 2 aromatic carbocycles. The molecule has 0 bridgehead atoms. The first-order valence-electron chi connectivity index (χ1n) is 8.56. The van der Waals surface area contributed by atoms with Gasteiger partial charge in [-0.05, 0) is 29.0 Å². The lowest BCUT2D eigenvalue weighted by Gasteiger charge is -2.32. The standard InChI is InChI=1S/C21H22O2S/c1-13(2)14-7-9-15(10-8-14)20-21(18(22)12-24-20)11-16-5-3-4-6-17(16)19(21)23/h3-10,13,18,20,22H,11-12H2,1-2H3/t18-,20-,21-/m1/s1. The first-order valence-corrected chi connectivity index (χ1v) is 9.61. The van der Waals surface area contributed by atoms with Gasteiger partial charge in [0.15, 0.2) is 5.78 Å². The van der Waals surface area contributed by atoms with Gasteiger partial charge in [0.1, 0.15) is 0 Å². The van der Waals surface area contributed by atoms with E-state index in [2.05, 4.69) is 38.1 Å². The number of ketones is 1. The number of fused-ring (bicyclic) bond motifs is 1. The van der Waals surface area contributed by atoms with Crippen LogP contribution in [0.15, 0.2) is 48.5 Å². The van der Waals surface area contributed by atoms with Crippen molar-refractivity contribution in [3.8, 4) is 0 Å². The highest BCUT2D eigenvalue weighted by atomic mass is 32.2. The third-order valence-electron chi connectivity index (χ3n) is 5.56. The van der Waals surface area contributed by atoms with E-state index in [0.717, 1.165) is 16.7 Å². The molecular weight excluding hydrogens is 316 g/mol. The van der Waals surface area contributed by atoms with Crippen LogP contribution in [0.25, 0.3) is 0 Å². The minimum Gasteiger partial charge on any atom is -0.391 e. The van der Waals surface area contributed by atoms with E-state index in [1.54, 1.807) is 11.8 Å². The molecule has 1 heterocycles. The molecule has 2 aliphatic rings. The zero-order valence-electron chi connectivity index (χ0n) is 14.0. The number of carbonyl (C=O) groups excluding carboxylic acids is 1. The highest BCUT2D eigenvalue weighted by Gasteiger charge is 2.59. The van der Waals surface area contributed by atoms with Gasteiger partial charge in [0, 0.05) is 16.6 Å². The molecule has 1 aliphatic carbocycles. The SMILES string of the molecule is CC(C)c1ccc([C@H]2SC[C@@H](O)[C@@]23Cc2ccccc2C3=O)cc1. The smallest absolute Gasteiger partial charge is 0.173 e. The zero-order valence-corrected chi connectivity index (χ0v) is 14.8. The maximum atomic E-state index is 13.2. The molecule has 1 N–H and O–H groups in total. The quantitative estimate of drug-likeness (QED) is 0.883. The third kappa shape index (κ3) is 2.18. The summed E-state index contributed by atoms with van der Waals surface area (Å²) in [5.74, 6) is 1.23. The predicted molar refractivity (Wildman–Crippen MR) is 98.6 cm³/mol. The van der Waals surface area contributed by atoms with Crippen molar-refractivity contribution in [2.45, 2.75) is 37.5 Å². The van der Waals surface area contributed by atoms with Gasteiger partial charge < -0.3 is 5.11 Å². The number of thioether (sulfide) groups is 1. The average molecular weight is 338 g/mol. The number of hydrogen-bond donors (Lipinski definition) is 1. The second-order valence-electron chi connectivity index (χ2n) is 7.25. The Labute approximate surface area is 147 Å². The van der Waals surface area contributed by atoms with Gasteiger partial charge in [-0.1, -0.05) is 62.4 Å². The second kappa shape index (κ2) is 5.75. The summed E-state index contributed by atoms with van der Waals surface area (Å²) in [6, 6.07) is 16.4. The summed E-state index contributed by atoms with van der Waals surface area (Å²) in [4.78, 5) is 13.2. The van der Waals surface area contributed by atoms with Crippen LogP contribution < -0.4 is 0 Å². The van der Waals surface area contributed by atoms with Crippen LogP contribution in [0.5, 0.6) is 0 Å². The largest absolute Gasteiger partial charge is 0.391 e. The van der Waals surface area contributed by atoms with Crippen LogP contribution in [0.2, 0.25) is 0 Å². The molecule has 0 amide bonds. The van der Waals surface area contributed by atoms with Crippen molar-refractivity contribution in [1.82, 2.24) is 0 Å². The van der Waals surface area contributed by atoms with Crippen molar-refractivity contribution < 1.29 is 9.90 Å². The summed E-state index contributed by atoms with van der Waals surface area (Å²) in [5, 5.41) is 10.8. The van der Waals surface area contributed by atoms with Crippen LogP contribution >= 0.6 is 11.8 Å². The molecule has 24 heavy (non-hydrogen) atoms. The van der Waals surface area contributed by atoms with E-state index in [1.165, 1.54) is 5.56 Å².